The van der Waals surface area contributed by atoms with Crippen LogP contribution in [0.15, 0.2) is 29.1 Å². The Morgan fingerprint density at radius 1 is 1.18 bits per heavy atom. The molecule has 120 valence electrons. The molecule has 0 saturated carbocycles. The van der Waals surface area contributed by atoms with Crippen LogP contribution in [0.1, 0.15) is 57.8 Å². The first-order chi connectivity index (χ1) is 10.7. The van der Waals surface area contributed by atoms with Crippen molar-refractivity contribution in [2.45, 2.75) is 52.0 Å². The van der Waals surface area contributed by atoms with Crippen molar-refractivity contribution in [1.29, 1.82) is 0 Å². The largest absolute Gasteiger partial charge is 0.307 e. The van der Waals surface area contributed by atoms with Gasteiger partial charge in [0.15, 0.2) is 0 Å². The number of rotatable bonds is 8. The van der Waals surface area contributed by atoms with Gasteiger partial charge in [0.05, 0.1) is 16.9 Å². The molecule has 0 aliphatic carbocycles. The predicted octanol–water partition coefficient (Wildman–Crippen LogP) is 3.55. The lowest BCUT2D eigenvalue weighted by Gasteiger charge is -2.19. The van der Waals surface area contributed by atoms with Crippen molar-refractivity contribution in [3.63, 3.8) is 0 Å². The van der Waals surface area contributed by atoms with Crippen LogP contribution in [0.5, 0.6) is 0 Å². The number of nitrogens with one attached hydrogen (secondary N) is 1. The van der Waals surface area contributed by atoms with Gasteiger partial charge in [-0.25, -0.2) is 4.98 Å². The maximum absolute atomic E-state index is 12.5. The molecule has 1 aromatic heterocycles. The Kier molecular flexibility index (Phi) is 6.13. The van der Waals surface area contributed by atoms with E-state index in [-0.39, 0.29) is 11.6 Å². The molecule has 0 bridgehead atoms. The molecular formula is C18H27N3O. The second kappa shape index (κ2) is 8.08. The quantitative estimate of drug-likeness (QED) is 0.758. The molecule has 0 radical (unpaired) electrons. The number of unbranched alkanes of at least 4 members (excludes halogenated alkanes) is 3. The summed E-state index contributed by atoms with van der Waals surface area (Å²) in [5.74, 6) is 0.835. The zero-order valence-electron chi connectivity index (χ0n) is 13.9. The van der Waals surface area contributed by atoms with Crippen molar-refractivity contribution in [3.05, 3.63) is 40.4 Å². The van der Waals surface area contributed by atoms with Crippen molar-refractivity contribution < 1.29 is 0 Å². The van der Waals surface area contributed by atoms with E-state index in [9.17, 15) is 4.79 Å². The lowest BCUT2D eigenvalue weighted by Crippen LogP contribution is -2.31. The molecule has 4 nitrogen and oxygen atoms in total. The summed E-state index contributed by atoms with van der Waals surface area (Å²) >= 11 is 0. The SMILES string of the molecule is CCCCCCN[C@H](CC)c1nc2ccccc2c(=O)n1C. The number of para-hydroxylation sites is 1. The van der Waals surface area contributed by atoms with E-state index in [1.807, 2.05) is 31.3 Å². The minimum atomic E-state index is 0.0341. The summed E-state index contributed by atoms with van der Waals surface area (Å²) in [5, 5.41) is 4.24. The molecule has 0 fully saturated rings. The Morgan fingerprint density at radius 3 is 2.68 bits per heavy atom. The molecule has 4 heteroatoms. The first kappa shape index (κ1) is 16.7. The Balaban J connectivity index is 2.20. The van der Waals surface area contributed by atoms with Crippen molar-refractivity contribution in [1.82, 2.24) is 14.9 Å². The van der Waals surface area contributed by atoms with Crippen LogP contribution in [-0.4, -0.2) is 16.1 Å². The van der Waals surface area contributed by atoms with Crippen LogP contribution in [-0.2, 0) is 7.05 Å². The average Bonchev–Trinajstić information content (AvgIpc) is 2.55. The normalized spacial score (nSPS) is 12.7. The number of hydrogen-bond acceptors (Lipinski definition) is 3. The van der Waals surface area contributed by atoms with E-state index in [0.717, 1.165) is 24.3 Å². The molecule has 2 aromatic rings. The Morgan fingerprint density at radius 2 is 1.95 bits per heavy atom. The minimum Gasteiger partial charge on any atom is -0.307 e. The van der Waals surface area contributed by atoms with Gasteiger partial charge in [-0.3, -0.25) is 9.36 Å². The van der Waals surface area contributed by atoms with Crippen molar-refractivity contribution in [2.24, 2.45) is 7.05 Å². The van der Waals surface area contributed by atoms with E-state index in [4.69, 9.17) is 4.98 Å². The van der Waals surface area contributed by atoms with Crippen LogP contribution in [0.25, 0.3) is 10.9 Å². The monoisotopic (exact) mass is 301 g/mol. The van der Waals surface area contributed by atoms with Crippen LogP contribution < -0.4 is 10.9 Å². The highest BCUT2D eigenvalue weighted by Gasteiger charge is 2.16. The topological polar surface area (TPSA) is 46.9 Å². The predicted molar refractivity (Wildman–Crippen MR) is 92.2 cm³/mol. The molecule has 0 unspecified atom stereocenters. The number of hydrogen-bond donors (Lipinski definition) is 1. The molecule has 22 heavy (non-hydrogen) atoms. The molecule has 0 amide bonds. The number of aromatic nitrogens is 2. The molecule has 1 N–H and O–H groups in total. The molecule has 1 aromatic carbocycles. The summed E-state index contributed by atoms with van der Waals surface area (Å²) in [6.07, 6.45) is 5.88. The van der Waals surface area contributed by atoms with E-state index in [1.54, 1.807) is 4.57 Å². The highest BCUT2D eigenvalue weighted by Crippen LogP contribution is 2.16. The average molecular weight is 301 g/mol. The summed E-state index contributed by atoms with van der Waals surface area (Å²) in [6, 6.07) is 7.69. The molecule has 0 saturated heterocycles. The number of benzene rings is 1. The molecule has 0 aliphatic rings. The number of fused-ring (bicyclic) bond motifs is 1. The lowest BCUT2D eigenvalue weighted by molar-refractivity contribution is 0.462. The summed E-state index contributed by atoms with van der Waals surface area (Å²) in [7, 11) is 1.82. The smallest absolute Gasteiger partial charge is 0.261 e. The fourth-order valence-corrected chi connectivity index (χ4v) is 2.79. The van der Waals surface area contributed by atoms with Crippen LogP contribution in [0, 0.1) is 0 Å². The van der Waals surface area contributed by atoms with Gasteiger partial charge in [0.25, 0.3) is 5.56 Å². The van der Waals surface area contributed by atoms with E-state index in [1.165, 1.54) is 25.7 Å². The van der Waals surface area contributed by atoms with Crippen LogP contribution in [0.2, 0.25) is 0 Å². The lowest BCUT2D eigenvalue weighted by atomic mass is 10.1. The maximum Gasteiger partial charge on any atom is 0.261 e. The Hall–Kier alpha value is -1.68. The molecule has 1 heterocycles. The third-order valence-electron chi connectivity index (χ3n) is 4.16. The summed E-state index contributed by atoms with van der Waals surface area (Å²) in [6.45, 7) is 5.32. The van der Waals surface area contributed by atoms with Crippen molar-refractivity contribution in [2.75, 3.05) is 6.54 Å². The van der Waals surface area contributed by atoms with Gasteiger partial charge in [0.1, 0.15) is 5.82 Å². The van der Waals surface area contributed by atoms with Crippen LogP contribution >= 0.6 is 0 Å². The summed E-state index contributed by atoms with van der Waals surface area (Å²) in [5.41, 5.74) is 0.818. The van der Waals surface area contributed by atoms with Gasteiger partial charge in [-0.15, -0.1) is 0 Å². The van der Waals surface area contributed by atoms with E-state index in [0.29, 0.717) is 5.39 Å². The fourth-order valence-electron chi connectivity index (χ4n) is 2.79. The zero-order chi connectivity index (χ0) is 15.9. The van der Waals surface area contributed by atoms with Gasteiger partial charge in [-0.1, -0.05) is 45.2 Å². The maximum atomic E-state index is 12.5. The molecule has 0 spiro atoms. The van der Waals surface area contributed by atoms with Gasteiger partial charge in [-0.2, -0.15) is 0 Å². The van der Waals surface area contributed by atoms with Gasteiger partial charge in [0, 0.05) is 7.05 Å². The number of nitrogens with zero attached hydrogens (tertiary/aromatic N) is 2. The molecule has 1 atom stereocenters. The summed E-state index contributed by atoms with van der Waals surface area (Å²) < 4.78 is 1.69. The van der Waals surface area contributed by atoms with E-state index in [2.05, 4.69) is 19.2 Å². The second-order valence-electron chi connectivity index (χ2n) is 5.83. The molecule has 0 aliphatic heterocycles. The minimum absolute atomic E-state index is 0.0341. The standard InChI is InChI=1S/C18H27N3O/c1-4-6-7-10-13-19-15(5-2)17-20-16-12-9-8-11-14(16)18(22)21(17)3/h8-9,11-12,15,19H,4-7,10,13H2,1-3H3/t15-/m1/s1. The third-order valence-corrected chi connectivity index (χ3v) is 4.16. The highest BCUT2D eigenvalue weighted by atomic mass is 16.1. The highest BCUT2D eigenvalue weighted by molar-refractivity contribution is 5.77. The van der Waals surface area contributed by atoms with Crippen molar-refractivity contribution in [3.8, 4) is 0 Å². The molecular weight excluding hydrogens is 274 g/mol. The summed E-state index contributed by atoms with van der Waals surface area (Å²) in [4.78, 5) is 17.2. The Labute approximate surface area is 132 Å². The first-order valence-electron chi connectivity index (χ1n) is 8.38. The molecule has 2 rings (SSSR count). The van der Waals surface area contributed by atoms with Crippen molar-refractivity contribution >= 4 is 10.9 Å². The zero-order valence-corrected chi connectivity index (χ0v) is 13.9. The van der Waals surface area contributed by atoms with Crippen LogP contribution in [0.3, 0.4) is 0 Å². The van der Waals surface area contributed by atoms with Gasteiger partial charge >= 0.3 is 0 Å². The second-order valence-corrected chi connectivity index (χ2v) is 5.83. The van der Waals surface area contributed by atoms with Crippen LogP contribution in [0.4, 0.5) is 0 Å². The van der Waals surface area contributed by atoms with Gasteiger partial charge < -0.3 is 5.32 Å². The van der Waals surface area contributed by atoms with E-state index >= 15 is 0 Å². The Bertz CT molecular complexity index is 663. The van der Waals surface area contributed by atoms with Gasteiger partial charge in [0.2, 0.25) is 0 Å². The van der Waals surface area contributed by atoms with Gasteiger partial charge in [-0.05, 0) is 31.5 Å². The first-order valence-corrected chi connectivity index (χ1v) is 8.38. The third kappa shape index (κ3) is 3.74. The fraction of sp³-hybridized carbons (Fsp3) is 0.556. The van der Waals surface area contributed by atoms with E-state index < -0.39 is 0 Å².